The maximum Gasteiger partial charge on any atom is 0.317 e. The van der Waals surface area contributed by atoms with Crippen LogP contribution in [0.4, 0.5) is 4.79 Å². The predicted molar refractivity (Wildman–Crippen MR) is 114 cm³/mol. The number of amides is 2. The van der Waals surface area contributed by atoms with E-state index in [0.717, 1.165) is 12.8 Å². The van der Waals surface area contributed by atoms with E-state index in [2.05, 4.69) is 5.32 Å². The number of nitrogens with one attached hydrogen (secondary N) is 1. The highest BCUT2D eigenvalue weighted by Gasteiger charge is 2.56. The van der Waals surface area contributed by atoms with Crippen molar-refractivity contribution in [3.63, 3.8) is 0 Å². The van der Waals surface area contributed by atoms with Gasteiger partial charge in [-0.15, -0.1) is 0 Å². The van der Waals surface area contributed by atoms with Gasteiger partial charge >= 0.3 is 6.03 Å². The fourth-order valence-electron chi connectivity index (χ4n) is 4.08. The maximum absolute atomic E-state index is 12.8. The first kappa shape index (κ1) is 22.2. The van der Waals surface area contributed by atoms with Gasteiger partial charge in [0.15, 0.2) is 24.3 Å². The Morgan fingerprint density at radius 3 is 2.65 bits per heavy atom. The number of ether oxygens (including phenoxy) is 5. The Bertz CT molecular complexity index is 781. The normalized spacial score (nSPS) is 29.0. The fourth-order valence-corrected chi connectivity index (χ4v) is 4.08. The zero-order valence-electron chi connectivity index (χ0n) is 19.0. The SMILES string of the molecule is COc1cccc(O[C@@H]2[C@H]3OC(C)(C)O[C@H]3O[C@@H]2CN(CC2CC2)C(=O)NC(C)C)c1. The monoisotopic (exact) mass is 434 g/mol. The van der Waals surface area contributed by atoms with Gasteiger partial charge in [0.05, 0.1) is 13.7 Å². The molecule has 2 aliphatic heterocycles. The van der Waals surface area contributed by atoms with E-state index in [9.17, 15) is 4.79 Å². The zero-order valence-corrected chi connectivity index (χ0v) is 19.0. The van der Waals surface area contributed by atoms with E-state index in [0.29, 0.717) is 30.5 Å². The van der Waals surface area contributed by atoms with E-state index in [1.807, 2.05) is 56.9 Å². The van der Waals surface area contributed by atoms with Gasteiger partial charge in [-0.3, -0.25) is 0 Å². The Kier molecular flexibility index (Phi) is 6.32. The van der Waals surface area contributed by atoms with Crippen molar-refractivity contribution in [2.75, 3.05) is 20.2 Å². The third-order valence-corrected chi connectivity index (χ3v) is 5.68. The lowest BCUT2D eigenvalue weighted by Gasteiger charge is -2.31. The minimum atomic E-state index is -0.751. The van der Waals surface area contributed by atoms with E-state index in [1.165, 1.54) is 0 Å². The molecule has 172 valence electrons. The lowest BCUT2D eigenvalue weighted by molar-refractivity contribution is -0.214. The summed E-state index contributed by atoms with van der Waals surface area (Å²) in [6.07, 6.45) is 0.591. The van der Waals surface area contributed by atoms with Crippen LogP contribution >= 0.6 is 0 Å². The molecule has 8 nitrogen and oxygen atoms in total. The van der Waals surface area contributed by atoms with Gasteiger partial charge in [0, 0.05) is 18.7 Å². The molecule has 1 N–H and O–H groups in total. The molecule has 0 bridgehead atoms. The number of carbonyl (C=O) groups is 1. The van der Waals surface area contributed by atoms with Gasteiger partial charge in [0.25, 0.3) is 0 Å². The van der Waals surface area contributed by atoms with Crippen LogP contribution in [-0.4, -0.2) is 67.6 Å². The molecule has 4 rings (SSSR count). The number of fused-ring (bicyclic) bond motifs is 1. The molecule has 31 heavy (non-hydrogen) atoms. The maximum atomic E-state index is 12.8. The highest BCUT2D eigenvalue weighted by molar-refractivity contribution is 5.74. The van der Waals surface area contributed by atoms with Crippen LogP contribution in [0.3, 0.4) is 0 Å². The molecule has 0 aromatic heterocycles. The van der Waals surface area contributed by atoms with Crippen molar-refractivity contribution in [1.82, 2.24) is 10.2 Å². The number of benzene rings is 1. The van der Waals surface area contributed by atoms with Crippen LogP contribution in [0.2, 0.25) is 0 Å². The molecule has 2 saturated heterocycles. The van der Waals surface area contributed by atoms with Crippen LogP contribution in [0.1, 0.15) is 40.5 Å². The van der Waals surface area contributed by atoms with Crippen molar-refractivity contribution < 1.29 is 28.5 Å². The summed E-state index contributed by atoms with van der Waals surface area (Å²) in [7, 11) is 1.62. The van der Waals surface area contributed by atoms with Gasteiger partial charge in [-0.25, -0.2) is 4.79 Å². The highest BCUT2D eigenvalue weighted by Crippen LogP contribution is 2.40. The second-order valence-corrected chi connectivity index (χ2v) is 9.36. The summed E-state index contributed by atoms with van der Waals surface area (Å²) in [6.45, 7) is 8.77. The number of urea groups is 1. The predicted octanol–water partition coefficient (Wildman–Crippen LogP) is 3.15. The van der Waals surface area contributed by atoms with Gasteiger partial charge < -0.3 is 33.9 Å². The smallest absolute Gasteiger partial charge is 0.317 e. The van der Waals surface area contributed by atoms with Gasteiger partial charge in [-0.1, -0.05) is 6.07 Å². The number of hydrogen-bond donors (Lipinski definition) is 1. The van der Waals surface area contributed by atoms with E-state index < -0.39 is 18.2 Å². The number of methoxy groups -OCH3 is 1. The minimum Gasteiger partial charge on any atom is -0.497 e. The Morgan fingerprint density at radius 2 is 1.97 bits per heavy atom. The fraction of sp³-hybridized carbons (Fsp3) is 0.696. The second kappa shape index (κ2) is 8.84. The van der Waals surface area contributed by atoms with Crippen molar-refractivity contribution in [1.29, 1.82) is 0 Å². The highest BCUT2D eigenvalue weighted by atomic mass is 16.8. The number of carbonyl (C=O) groups excluding carboxylic acids is 1. The van der Waals surface area contributed by atoms with Gasteiger partial charge in [0.1, 0.15) is 17.6 Å². The minimum absolute atomic E-state index is 0.0642. The van der Waals surface area contributed by atoms with Crippen LogP contribution in [0, 0.1) is 5.92 Å². The molecule has 0 unspecified atom stereocenters. The Labute approximate surface area is 184 Å². The number of nitrogens with zero attached hydrogens (tertiary/aromatic N) is 1. The second-order valence-electron chi connectivity index (χ2n) is 9.36. The quantitative estimate of drug-likeness (QED) is 0.677. The molecule has 1 aliphatic carbocycles. The zero-order chi connectivity index (χ0) is 22.2. The molecule has 1 aromatic carbocycles. The van der Waals surface area contributed by atoms with Crippen LogP contribution < -0.4 is 14.8 Å². The molecule has 2 heterocycles. The summed E-state index contributed by atoms with van der Waals surface area (Å²) in [5.74, 6) is 1.18. The van der Waals surface area contributed by atoms with Crippen LogP contribution in [-0.2, 0) is 14.2 Å². The molecule has 3 fully saturated rings. The lowest BCUT2D eigenvalue weighted by Crippen LogP contribution is -2.50. The van der Waals surface area contributed by atoms with Gasteiger partial charge in [0.2, 0.25) is 0 Å². The van der Waals surface area contributed by atoms with Crippen LogP contribution in [0.25, 0.3) is 0 Å². The molecule has 1 saturated carbocycles. The Balaban J connectivity index is 1.52. The molecular weight excluding hydrogens is 400 g/mol. The first-order valence-corrected chi connectivity index (χ1v) is 11.1. The summed E-state index contributed by atoms with van der Waals surface area (Å²) in [5.41, 5.74) is 0. The third-order valence-electron chi connectivity index (χ3n) is 5.68. The Morgan fingerprint density at radius 1 is 1.23 bits per heavy atom. The molecule has 3 aliphatic rings. The molecule has 0 radical (unpaired) electrons. The Hall–Kier alpha value is -2.03. The molecular formula is C23H34N2O6. The van der Waals surface area contributed by atoms with E-state index in [1.54, 1.807) is 7.11 Å². The first-order chi connectivity index (χ1) is 14.7. The molecule has 1 aromatic rings. The molecule has 8 heteroatoms. The number of rotatable bonds is 8. The van der Waals surface area contributed by atoms with Crippen LogP contribution in [0.5, 0.6) is 11.5 Å². The lowest BCUT2D eigenvalue weighted by atomic mass is 10.1. The van der Waals surface area contributed by atoms with Crippen molar-refractivity contribution in [3.05, 3.63) is 24.3 Å². The summed E-state index contributed by atoms with van der Waals surface area (Å²) in [4.78, 5) is 14.7. The van der Waals surface area contributed by atoms with E-state index in [-0.39, 0.29) is 24.3 Å². The van der Waals surface area contributed by atoms with Crippen molar-refractivity contribution >= 4 is 6.03 Å². The average Bonchev–Trinajstić information content (AvgIpc) is 3.40. The summed E-state index contributed by atoms with van der Waals surface area (Å²) >= 11 is 0. The van der Waals surface area contributed by atoms with Crippen molar-refractivity contribution in [2.45, 2.75) is 77.0 Å². The molecule has 0 spiro atoms. The topological polar surface area (TPSA) is 78.5 Å². The summed E-state index contributed by atoms with van der Waals surface area (Å²) < 4.78 is 30.0. The van der Waals surface area contributed by atoms with Crippen LogP contribution in [0.15, 0.2) is 24.3 Å². The third kappa shape index (κ3) is 5.42. The molecule has 2 amide bonds. The van der Waals surface area contributed by atoms with Gasteiger partial charge in [-0.2, -0.15) is 0 Å². The van der Waals surface area contributed by atoms with Crippen molar-refractivity contribution in [3.8, 4) is 11.5 Å². The summed E-state index contributed by atoms with van der Waals surface area (Å²) in [6, 6.07) is 7.44. The largest absolute Gasteiger partial charge is 0.497 e. The standard InChI is InChI=1S/C23H34N2O6/c1-14(2)24-22(26)25(12-15-9-10-15)13-18-19(20-21(29-18)31-23(3,4)30-20)28-17-8-6-7-16(11-17)27-5/h6-8,11,14-15,18-21H,9-10,12-13H2,1-5H3,(H,24,26)/t18-,19+,20-,21-/m1/s1. The van der Waals surface area contributed by atoms with Gasteiger partial charge in [-0.05, 0) is 58.6 Å². The number of hydrogen-bond acceptors (Lipinski definition) is 6. The summed E-state index contributed by atoms with van der Waals surface area (Å²) in [5, 5.41) is 3.00. The van der Waals surface area contributed by atoms with E-state index >= 15 is 0 Å². The van der Waals surface area contributed by atoms with Crippen molar-refractivity contribution in [2.24, 2.45) is 5.92 Å². The average molecular weight is 435 g/mol. The molecule has 4 atom stereocenters. The first-order valence-electron chi connectivity index (χ1n) is 11.1. The van der Waals surface area contributed by atoms with E-state index in [4.69, 9.17) is 23.7 Å².